The summed E-state index contributed by atoms with van der Waals surface area (Å²) >= 11 is 0. The molecule has 2 rings (SSSR count). The van der Waals surface area contributed by atoms with E-state index in [0.29, 0.717) is 5.92 Å². The fraction of sp³-hybridized carbons (Fsp3) is 0.812. The van der Waals surface area contributed by atoms with Crippen molar-refractivity contribution in [1.29, 1.82) is 0 Å². The zero-order valence-electron chi connectivity index (χ0n) is 12.7. The van der Waals surface area contributed by atoms with Gasteiger partial charge < -0.3 is 9.88 Å². The largest absolute Gasteiger partial charge is 0.355 e. The minimum atomic E-state index is 0.657. The molecule has 3 heteroatoms. The van der Waals surface area contributed by atoms with Gasteiger partial charge in [-0.2, -0.15) is 0 Å². The van der Waals surface area contributed by atoms with E-state index in [1.807, 2.05) is 6.20 Å². The lowest BCUT2D eigenvalue weighted by atomic mass is 9.81. The molecule has 0 aliphatic heterocycles. The molecule has 1 saturated carbocycles. The fourth-order valence-electron chi connectivity index (χ4n) is 3.10. The Bertz CT molecular complexity index is 370. The maximum atomic E-state index is 4.42. The van der Waals surface area contributed by atoms with Crippen LogP contribution in [0.1, 0.15) is 52.9 Å². The second-order valence-corrected chi connectivity index (χ2v) is 6.65. The van der Waals surface area contributed by atoms with Crippen LogP contribution in [-0.4, -0.2) is 16.1 Å². The first-order chi connectivity index (χ1) is 9.15. The van der Waals surface area contributed by atoms with Crippen molar-refractivity contribution >= 4 is 5.95 Å². The molecule has 1 aromatic rings. The zero-order valence-corrected chi connectivity index (χ0v) is 12.7. The average Bonchev–Trinajstić information content (AvgIpc) is 2.81. The Balaban J connectivity index is 1.80. The van der Waals surface area contributed by atoms with Crippen LogP contribution in [0.15, 0.2) is 12.4 Å². The van der Waals surface area contributed by atoms with Crippen LogP contribution in [0.3, 0.4) is 0 Å². The van der Waals surface area contributed by atoms with E-state index in [-0.39, 0.29) is 0 Å². The van der Waals surface area contributed by atoms with Crippen LogP contribution in [-0.2, 0) is 6.54 Å². The van der Waals surface area contributed by atoms with Crippen molar-refractivity contribution in [2.75, 3.05) is 11.9 Å². The van der Waals surface area contributed by atoms with Crippen LogP contribution >= 0.6 is 0 Å². The van der Waals surface area contributed by atoms with E-state index < -0.39 is 0 Å². The van der Waals surface area contributed by atoms with Crippen LogP contribution in [0.5, 0.6) is 0 Å². The van der Waals surface area contributed by atoms with Crippen LogP contribution in [0, 0.1) is 17.8 Å². The Morgan fingerprint density at radius 3 is 3.00 bits per heavy atom. The number of nitrogens with one attached hydrogen (secondary N) is 1. The highest BCUT2D eigenvalue weighted by Crippen LogP contribution is 2.31. The van der Waals surface area contributed by atoms with Crippen LogP contribution in [0.25, 0.3) is 0 Å². The van der Waals surface area contributed by atoms with Gasteiger partial charge in [-0.15, -0.1) is 0 Å². The van der Waals surface area contributed by atoms with Gasteiger partial charge in [-0.25, -0.2) is 4.98 Å². The van der Waals surface area contributed by atoms with Crippen LogP contribution < -0.4 is 5.32 Å². The number of anilines is 1. The van der Waals surface area contributed by atoms with Gasteiger partial charge in [-0.05, 0) is 30.6 Å². The van der Waals surface area contributed by atoms with Crippen molar-refractivity contribution in [3.05, 3.63) is 12.4 Å². The Morgan fingerprint density at radius 2 is 2.26 bits per heavy atom. The van der Waals surface area contributed by atoms with Gasteiger partial charge in [-0.3, -0.25) is 0 Å². The topological polar surface area (TPSA) is 29.9 Å². The van der Waals surface area contributed by atoms with Crippen molar-refractivity contribution in [3.8, 4) is 0 Å². The monoisotopic (exact) mass is 263 g/mol. The molecule has 0 aromatic carbocycles. The summed E-state index contributed by atoms with van der Waals surface area (Å²) in [5.41, 5.74) is 0. The minimum Gasteiger partial charge on any atom is -0.355 e. The van der Waals surface area contributed by atoms with Crippen LogP contribution in [0.2, 0.25) is 0 Å². The lowest BCUT2D eigenvalue weighted by Crippen LogP contribution is -2.17. The molecule has 0 spiro atoms. The molecule has 1 aliphatic rings. The van der Waals surface area contributed by atoms with Crippen molar-refractivity contribution in [2.45, 2.75) is 59.4 Å². The highest BCUT2D eigenvalue weighted by molar-refractivity contribution is 5.25. The number of aryl methyl sites for hydroxylation is 1. The Morgan fingerprint density at radius 1 is 1.42 bits per heavy atom. The zero-order chi connectivity index (χ0) is 13.7. The molecule has 0 bridgehead atoms. The van der Waals surface area contributed by atoms with E-state index in [9.17, 15) is 0 Å². The quantitative estimate of drug-likeness (QED) is 0.835. The molecule has 1 heterocycles. The summed E-state index contributed by atoms with van der Waals surface area (Å²) in [6.07, 6.45) is 11.0. The lowest BCUT2D eigenvalue weighted by molar-refractivity contribution is 0.261. The number of nitrogens with zero attached hydrogens (tertiary/aromatic N) is 2. The van der Waals surface area contributed by atoms with Crippen molar-refractivity contribution in [1.82, 2.24) is 9.55 Å². The van der Waals surface area contributed by atoms with Gasteiger partial charge in [0, 0.05) is 25.5 Å². The van der Waals surface area contributed by atoms with E-state index in [1.165, 1.54) is 32.1 Å². The Labute approximate surface area is 117 Å². The summed E-state index contributed by atoms with van der Waals surface area (Å²) in [5, 5.41) is 3.44. The van der Waals surface area contributed by atoms with Gasteiger partial charge in [-0.1, -0.05) is 40.0 Å². The molecule has 1 aliphatic carbocycles. The summed E-state index contributed by atoms with van der Waals surface area (Å²) in [6, 6.07) is 0. The molecule has 0 amide bonds. The Kier molecular flexibility index (Phi) is 5.29. The first kappa shape index (κ1) is 14.4. The summed E-state index contributed by atoms with van der Waals surface area (Å²) in [6.45, 7) is 8.96. The summed E-state index contributed by atoms with van der Waals surface area (Å²) in [4.78, 5) is 4.42. The molecule has 1 N–H and O–H groups in total. The van der Waals surface area contributed by atoms with Crippen LogP contribution in [0.4, 0.5) is 5.95 Å². The predicted molar refractivity (Wildman–Crippen MR) is 81.3 cm³/mol. The summed E-state index contributed by atoms with van der Waals surface area (Å²) in [7, 11) is 0. The molecule has 3 nitrogen and oxygen atoms in total. The van der Waals surface area contributed by atoms with Gasteiger partial charge in [0.05, 0.1) is 0 Å². The third-order valence-corrected chi connectivity index (χ3v) is 4.21. The number of rotatable bonds is 6. The molecule has 2 atom stereocenters. The minimum absolute atomic E-state index is 0.657. The van der Waals surface area contributed by atoms with E-state index in [0.717, 1.165) is 30.9 Å². The molecular weight excluding hydrogens is 234 g/mol. The van der Waals surface area contributed by atoms with E-state index in [1.54, 1.807) is 0 Å². The third kappa shape index (κ3) is 4.55. The van der Waals surface area contributed by atoms with Gasteiger partial charge in [0.15, 0.2) is 0 Å². The first-order valence-corrected chi connectivity index (χ1v) is 7.90. The molecule has 19 heavy (non-hydrogen) atoms. The van der Waals surface area contributed by atoms with E-state index in [4.69, 9.17) is 0 Å². The van der Waals surface area contributed by atoms with Crippen molar-refractivity contribution in [2.24, 2.45) is 17.8 Å². The Hall–Kier alpha value is -0.990. The molecule has 0 radical (unpaired) electrons. The summed E-state index contributed by atoms with van der Waals surface area (Å²) in [5.74, 6) is 3.55. The van der Waals surface area contributed by atoms with Gasteiger partial charge in [0.2, 0.25) is 5.95 Å². The highest BCUT2D eigenvalue weighted by atomic mass is 15.2. The molecule has 1 fully saturated rings. The molecule has 2 unspecified atom stereocenters. The van der Waals surface area contributed by atoms with E-state index >= 15 is 0 Å². The number of aromatic nitrogens is 2. The molecular formula is C16H29N3. The predicted octanol–water partition coefficient (Wildman–Crippen LogP) is 4.17. The maximum absolute atomic E-state index is 4.42. The number of hydrogen-bond acceptors (Lipinski definition) is 2. The van der Waals surface area contributed by atoms with Gasteiger partial charge in [0.25, 0.3) is 0 Å². The van der Waals surface area contributed by atoms with Crippen molar-refractivity contribution in [3.63, 3.8) is 0 Å². The average molecular weight is 263 g/mol. The fourth-order valence-corrected chi connectivity index (χ4v) is 3.10. The number of hydrogen-bond donors (Lipinski definition) is 1. The molecule has 1 aromatic heterocycles. The van der Waals surface area contributed by atoms with Gasteiger partial charge in [0.1, 0.15) is 0 Å². The normalized spacial score (nSPS) is 23.8. The number of imidazole rings is 1. The van der Waals surface area contributed by atoms with Gasteiger partial charge >= 0.3 is 0 Å². The maximum Gasteiger partial charge on any atom is 0.202 e. The molecule has 108 valence electrons. The molecule has 0 saturated heterocycles. The summed E-state index contributed by atoms with van der Waals surface area (Å²) < 4.78 is 2.28. The standard InChI is InChI=1S/C16H29N3/c1-13(2)12-18-16-17-8-10-19(16)9-7-15-6-4-5-14(3)11-15/h8,10,13-15H,4-7,9,11-12H2,1-3H3,(H,17,18). The smallest absolute Gasteiger partial charge is 0.202 e. The third-order valence-electron chi connectivity index (χ3n) is 4.21. The second kappa shape index (κ2) is 6.97. The lowest BCUT2D eigenvalue weighted by Gasteiger charge is -2.26. The second-order valence-electron chi connectivity index (χ2n) is 6.65. The highest BCUT2D eigenvalue weighted by Gasteiger charge is 2.18. The first-order valence-electron chi connectivity index (χ1n) is 7.90. The van der Waals surface area contributed by atoms with Crippen molar-refractivity contribution < 1.29 is 0 Å². The van der Waals surface area contributed by atoms with E-state index in [2.05, 4.69) is 41.8 Å². The SMILES string of the molecule is CC(C)CNc1nccn1CCC1CCCC(C)C1.